The van der Waals surface area contributed by atoms with Crippen LogP contribution in [0.15, 0.2) is 42.9 Å². The molecule has 1 aromatic carbocycles. The van der Waals surface area contributed by atoms with Gasteiger partial charge in [-0.3, -0.25) is 9.78 Å². The zero-order valence-corrected chi connectivity index (χ0v) is 14.6. The zero-order valence-electron chi connectivity index (χ0n) is 14.6. The van der Waals surface area contributed by atoms with Gasteiger partial charge < -0.3 is 14.4 Å². The number of hydrogen-bond donors (Lipinski definition) is 0. The molecule has 132 valence electrons. The van der Waals surface area contributed by atoms with E-state index in [0.29, 0.717) is 18.8 Å². The van der Waals surface area contributed by atoms with Gasteiger partial charge in [-0.1, -0.05) is 12.1 Å². The van der Waals surface area contributed by atoms with Crippen molar-refractivity contribution >= 4 is 5.91 Å². The molecule has 3 rings (SSSR count). The molecule has 1 fully saturated rings. The summed E-state index contributed by atoms with van der Waals surface area (Å²) in [4.78, 5) is 22.6. The summed E-state index contributed by atoms with van der Waals surface area (Å²) in [6.07, 6.45) is 6.46. The summed E-state index contributed by atoms with van der Waals surface area (Å²) in [5.41, 5.74) is 1.60. The highest BCUT2D eigenvalue weighted by Crippen LogP contribution is 2.25. The molecule has 0 unspecified atom stereocenters. The summed E-state index contributed by atoms with van der Waals surface area (Å²) >= 11 is 0. The summed E-state index contributed by atoms with van der Waals surface area (Å²) in [5.74, 6) is 1.02. The molecule has 0 saturated carbocycles. The van der Waals surface area contributed by atoms with E-state index in [9.17, 15) is 4.79 Å². The predicted molar refractivity (Wildman–Crippen MR) is 93.5 cm³/mol. The Hall–Kier alpha value is -2.47. The van der Waals surface area contributed by atoms with Crippen LogP contribution in [0.25, 0.3) is 0 Å². The molecular weight excluding hydrogens is 318 g/mol. The van der Waals surface area contributed by atoms with E-state index < -0.39 is 0 Å². The number of rotatable bonds is 5. The van der Waals surface area contributed by atoms with Gasteiger partial charge in [-0.25, -0.2) is 4.98 Å². The van der Waals surface area contributed by atoms with Crippen molar-refractivity contribution in [3.63, 3.8) is 0 Å². The number of methoxy groups -OCH3 is 2. The molecule has 2 aromatic rings. The van der Waals surface area contributed by atoms with Gasteiger partial charge in [-0.15, -0.1) is 0 Å². The second-order valence-electron chi connectivity index (χ2n) is 6.22. The van der Waals surface area contributed by atoms with E-state index in [-0.39, 0.29) is 17.9 Å². The molecule has 0 N–H and O–H groups in total. The quantitative estimate of drug-likeness (QED) is 0.834. The predicted octanol–water partition coefficient (Wildman–Crippen LogP) is 2.21. The first-order valence-corrected chi connectivity index (χ1v) is 8.42. The van der Waals surface area contributed by atoms with Crippen LogP contribution in [-0.4, -0.2) is 54.2 Å². The van der Waals surface area contributed by atoms with E-state index >= 15 is 0 Å². The van der Waals surface area contributed by atoms with E-state index in [1.165, 1.54) is 11.8 Å². The second kappa shape index (κ2) is 8.07. The summed E-state index contributed by atoms with van der Waals surface area (Å²) in [5, 5.41) is 0. The molecular formula is C19H23N3O3. The average molecular weight is 341 g/mol. The van der Waals surface area contributed by atoms with Crippen LogP contribution in [0.5, 0.6) is 5.75 Å². The van der Waals surface area contributed by atoms with Gasteiger partial charge in [0.2, 0.25) is 0 Å². The average Bonchev–Trinajstić information content (AvgIpc) is 2.68. The molecule has 0 spiro atoms. The molecule has 0 radical (unpaired) electrons. The fourth-order valence-corrected chi connectivity index (χ4v) is 3.34. The van der Waals surface area contributed by atoms with Crippen LogP contribution in [0.1, 0.15) is 22.5 Å². The standard InChI is InChI=1S/C19H23N3O3/c1-24-16-5-3-14(4-6-16)11-15-13-22(10-7-18(15)25-2)19(23)17-12-20-8-9-21-17/h3-6,8-9,12,15,18H,7,10-11,13H2,1-2H3/t15-,18-/m0/s1. The molecule has 25 heavy (non-hydrogen) atoms. The Balaban J connectivity index is 1.70. The van der Waals surface area contributed by atoms with E-state index in [4.69, 9.17) is 9.47 Å². The van der Waals surface area contributed by atoms with Crippen molar-refractivity contribution in [2.45, 2.75) is 18.9 Å². The van der Waals surface area contributed by atoms with Crippen molar-refractivity contribution in [2.24, 2.45) is 5.92 Å². The minimum absolute atomic E-state index is 0.0672. The maximum absolute atomic E-state index is 12.6. The molecule has 0 bridgehead atoms. The van der Waals surface area contributed by atoms with E-state index in [0.717, 1.165) is 18.6 Å². The molecule has 1 amide bonds. The minimum Gasteiger partial charge on any atom is -0.497 e. The lowest BCUT2D eigenvalue weighted by molar-refractivity contribution is -0.00318. The van der Waals surface area contributed by atoms with Crippen molar-refractivity contribution in [1.82, 2.24) is 14.9 Å². The van der Waals surface area contributed by atoms with E-state index in [2.05, 4.69) is 22.1 Å². The molecule has 1 aliphatic heterocycles. The number of carbonyl (C=O) groups is 1. The molecule has 0 aliphatic carbocycles. The lowest BCUT2D eigenvalue weighted by Crippen LogP contribution is -2.47. The summed E-state index contributed by atoms with van der Waals surface area (Å²) in [6.45, 7) is 1.33. The highest BCUT2D eigenvalue weighted by Gasteiger charge is 2.32. The third-order valence-electron chi connectivity index (χ3n) is 4.69. The fraction of sp³-hybridized carbons (Fsp3) is 0.421. The number of aromatic nitrogens is 2. The largest absolute Gasteiger partial charge is 0.497 e. The Bertz CT molecular complexity index is 691. The number of likely N-dealkylation sites (tertiary alicyclic amines) is 1. The van der Waals surface area contributed by atoms with Gasteiger partial charge in [-0.2, -0.15) is 0 Å². The number of carbonyl (C=O) groups excluding carboxylic acids is 1. The van der Waals surface area contributed by atoms with Crippen LogP contribution in [0.4, 0.5) is 0 Å². The lowest BCUT2D eigenvalue weighted by Gasteiger charge is -2.37. The summed E-state index contributed by atoms with van der Waals surface area (Å²) in [7, 11) is 3.40. The van der Waals surface area contributed by atoms with Crippen molar-refractivity contribution in [1.29, 1.82) is 0 Å². The molecule has 2 atom stereocenters. The molecule has 1 aromatic heterocycles. The van der Waals surface area contributed by atoms with Gasteiger partial charge in [0.1, 0.15) is 11.4 Å². The van der Waals surface area contributed by atoms with Gasteiger partial charge in [0.25, 0.3) is 5.91 Å². The first-order valence-electron chi connectivity index (χ1n) is 8.42. The van der Waals surface area contributed by atoms with Crippen LogP contribution in [0.2, 0.25) is 0 Å². The maximum atomic E-state index is 12.6. The number of nitrogens with zero attached hydrogens (tertiary/aromatic N) is 3. The first-order chi connectivity index (χ1) is 12.2. The minimum atomic E-state index is -0.0672. The molecule has 6 nitrogen and oxygen atoms in total. The highest BCUT2D eigenvalue weighted by molar-refractivity contribution is 5.92. The molecule has 2 heterocycles. The van der Waals surface area contributed by atoms with Crippen LogP contribution in [0.3, 0.4) is 0 Å². The summed E-state index contributed by atoms with van der Waals surface area (Å²) in [6, 6.07) is 8.05. The first kappa shape index (κ1) is 17.4. The number of hydrogen-bond acceptors (Lipinski definition) is 5. The Kier molecular flexibility index (Phi) is 5.60. The van der Waals surface area contributed by atoms with Gasteiger partial charge >= 0.3 is 0 Å². The Morgan fingerprint density at radius 2 is 2.04 bits per heavy atom. The number of ether oxygens (including phenoxy) is 2. The van der Waals surface area contributed by atoms with Crippen molar-refractivity contribution in [3.8, 4) is 5.75 Å². The van der Waals surface area contributed by atoms with Crippen LogP contribution < -0.4 is 4.74 Å². The van der Waals surface area contributed by atoms with Gasteiger partial charge in [0.05, 0.1) is 19.4 Å². The number of piperidine rings is 1. The maximum Gasteiger partial charge on any atom is 0.274 e. The molecule has 1 aliphatic rings. The second-order valence-corrected chi connectivity index (χ2v) is 6.22. The zero-order chi connectivity index (χ0) is 17.6. The van der Waals surface area contributed by atoms with Gasteiger partial charge in [-0.05, 0) is 30.5 Å². The Labute approximate surface area is 147 Å². The van der Waals surface area contributed by atoms with Crippen LogP contribution in [-0.2, 0) is 11.2 Å². The summed E-state index contributed by atoms with van der Waals surface area (Å²) < 4.78 is 10.9. The fourth-order valence-electron chi connectivity index (χ4n) is 3.34. The normalized spacial score (nSPS) is 20.3. The number of benzene rings is 1. The number of amides is 1. The SMILES string of the molecule is COc1ccc(C[C@H]2CN(C(=O)c3cnccn3)CC[C@@H]2OC)cc1. The monoisotopic (exact) mass is 341 g/mol. The van der Waals surface area contributed by atoms with Crippen molar-refractivity contribution in [2.75, 3.05) is 27.3 Å². The molecule has 6 heteroatoms. The Morgan fingerprint density at radius 1 is 1.24 bits per heavy atom. The van der Waals surface area contributed by atoms with Gasteiger partial charge in [0, 0.05) is 38.5 Å². The van der Waals surface area contributed by atoms with Crippen LogP contribution >= 0.6 is 0 Å². The highest BCUT2D eigenvalue weighted by atomic mass is 16.5. The third kappa shape index (κ3) is 4.14. The van der Waals surface area contributed by atoms with Gasteiger partial charge in [0.15, 0.2) is 0 Å². The topological polar surface area (TPSA) is 64.5 Å². The van der Waals surface area contributed by atoms with Crippen molar-refractivity contribution < 1.29 is 14.3 Å². The van der Waals surface area contributed by atoms with E-state index in [1.807, 2.05) is 17.0 Å². The smallest absolute Gasteiger partial charge is 0.274 e. The van der Waals surface area contributed by atoms with E-state index in [1.54, 1.807) is 26.6 Å². The Morgan fingerprint density at radius 3 is 2.68 bits per heavy atom. The lowest BCUT2D eigenvalue weighted by atomic mass is 9.88. The third-order valence-corrected chi connectivity index (χ3v) is 4.69. The van der Waals surface area contributed by atoms with Crippen molar-refractivity contribution in [3.05, 3.63) is 54.1 Å². The molecule has 1 saturated heterocycles. The van der Waals surface area contributed by atoms with Crippen LogP contribution in [0, 0.1) is 5.92 Å².